The van der Waals surface area contributed by atoms with Crippen LogP contribution in [-0.4, -0.2) is 41.0 Å². The Kier molecular flexibility index (Phi) is 5.95. The highest BCUT2D eigenvalue weighted by Gasteiger charge is 2.41. The summed E-state index contributed by atoms with van der Waals surface area (Å²) in [7, 11) is 1.80. The number of nitrogens with zero attached hydrogens (tertiary/aromatic N) is 3. The van der Waals surface area contributed by atoms with Gasteiger partial charge in [0.05, 0.1) is 30.1 Å². The topological polar surface area (TPSA) is 63.5 Å². The number of guanidine groups is 1. The fourth-order valence-electron chi connectivity index (χ4n) is 3.52. The number of fused-ring (bicyclic) bond motifs is 2. The van der Waals surface area contributed by atoms with E-state index in [0.717, 1.165) is 30.1 Å². The predicted molar refractivity (Wildman–Crippen MR) is 109 cm³/mol. The number of halogens is 1. The standard InChI is InChI=1S/C18H23N5O.HI/c1-19-18(22-16-9-15-7-8-17(16)24-15)20-10-13-11-21-23(12-13)14-5-3-2-4-6-14;/h2-6,11-12,15-17H,7-10H2,1H3,(H2,19,20,22);1H. The van der Waals surface area contributed by atoms with Crippen LogP contribution in [0.4, 0.5) is 0 Å². The van der Waals surface area contributed by atoms with Gasteiger partial charge in [0.25, 0.3) is 0 Å². The lowest BCUT2D eigenvalue weighted by Gasteiger charge is -2.22. The molecular formula is C18H24IN5O. The third-order valence-corrected chi connectivity index (χ3v) is 4.77. The van der Waals surface area contributed by atoms with Crippen LogP contribution in [0.15, 0.2) is 47.7 Å². The maximum absolute atomic E-state index is 5.89. The molecule has 0 aliphatic carbocycles. The van der Waals surface area contributed by atoms with Crippen molar-refractivity contribution in [2.75, 3.05) is 7.05 Å². The Morgan fingerprint density at radius 3 is 2.84 bits per heavy atom. The number of hydrogen-bond donors (Lipinski definition) is 2. The second-order valence-corrected chi connectivity index (χ2v) is 6.41. The number of benzene rings is 1. The zero-order valence-electron chi connectivity index (χ0n) is 14.3. The zero-order valence-corrected chi connectivity index (χ0v) is 16.6. The van der Waals surface area contributed by atoms with Gasteiger partial charge in [0.1, 0.15) is 0 Å². The van der Waals surface area contributed by atoms with Crippen molar-refractivity contribution in [3.05, 3.63) is 48.3 Å². The molecular weight excluding hydrogens is 429 g/mol. The molecule has 6 nitrogen and oxygen atoms in total. The highest BCUT2D eigenvalue weighted by atomic mass is 127. The molecule has 2 N–H and O–H groups in total. The van der Waals surface area contributed by atoms with Crippen LogP contribution < -0.4 is 10.6 Å². The molecule has 134 valence electrons. The van der Waals surface area contributed by atoms with Crippen molar-refractivity contribution >= 4 is 29.9 Å². The van der Waals surface area contributed by atoms with E-state index in [-0.39, 0.29) is 24.0 Å². The van der Waals surface area contributed by atoms with E-state index in [0.29, 0.717) is 24.8 Å². The molecule has 2 aromatic rings. The van der Waals surface area contributed by atoms with E-state index in [1.54, 1.807) is 7.05 Å². The van der Waals surface area contributed by atoms with Gasteiger partial charge in [0.2, 0.25) is 0 Å². The Hall–Kier alpha value is -1.61. The molecule has 4 rings (SSSR count). The lowest BCUT2D eigenvalue weighted by Crippen LogP contribution is -2.47. The Morgan fingerprint density at radius 2 is 2.16 bits per heavy atom. The Bertz CT molecular complexity index is 717. The zero-order chi connectivity index (χ0) is 16.4. The van der Waals surface area contributed by atoms with Gasteiger partial charge >= 0.3 is 0 Å². The molecule has 2 aliphatic heterocycles. The Morgan fingerprint density at radius 1 is 1.32 bits per heavy atom. The molecule has 3 heterocycles. The molecule has 2 fully saturated rings. The fourth-order valence-corrected chi connectivity index (χ4v) is 3.52. The predicted octanol–water partition coefficient (Wildman–Crippen LogP) is 2.48. The summed E-state index contributed by atoms with van der Waals surface area (Å²) in [5.74, 6) is 0.823. The van der Waals surface area contributed by atoms with Crippen molar-refractivity contribution in [3.63, 3.8) is 0 Å². The van der Waals surface area contributed by atoms with Gasteiger partial charge in [-0.3, -0.25) is 4.99 Å². The highest BCUT2D eigenvalue weighted by molar-refractivity contribution is 14.0. The molecule has 0 radical (unpaired) electrons. The first-order valence-corrected chi connectivity index (χ1v) is 8.53. The fraction of sp³-hybridized carbons (Fsp3) is 0.444. The van der Waals surface area contributed by atoms with Crippen molar-refractivity contribution in [2.45, 2.75) is 44.1 Å². The van der Waals surface area contributed by atoms with Gasteiger partial charge in [0, 0.05) is 25.4 Å². The highest BCUT2D eigenvalue weighted by Crippen LogP contribution is 2.34. The summed E-state index contributed by atoms with van der Waals surface area (Å²) in [5, 5.41) is 11.3. The van der Waals surface area contributed by atoms with Crippen LogP contribution in [0.3, 0.4) is 0 Å². The van der Waals surface area contributed by atoms with Crippen LogP contribution in [0.1, 0.15) is 24.8 Å². The number of hydrogen-bond acceptors (Lipinski definition) is 3. The number of nitrogens with one attached hydrogen (secondary N) is 2. The molecule has 2 bridgehead atoms. The number of rotatable bonds is 4. The summed E-state index contributed by atoms with van der Waals surface area (Å²) >= 11 is 0. The van der Waals surface area contributed by atoms with Crippen LogP contribution in [-0.2, 0) is 11.3 Å². The van der Waals surface area contributed by atoms with Crippen molar-refractivity contribution in [3.8, 4) is 5.69 Å². The Balaban J connectivity index is 0.00000182. The van der Waals surface area contributed by atoms with Gasteiger partial charge in [-0.25, -0.2) is 4.68 Å². The van der Waals surface area contributed by atoms with E-state index in [1.807, 2.05) is 47.4 Å². The molecule has 7 heteroatoms. The molecule has 25 heavy (non-hydrogen) atoms. The summed E-state index contributed by atoms with van der Waals surface area (Å²) < 4.78 is 7.77. The van der Waals surface area contributed by atoms with E-state index < -0.39 is 0 Å². The van der Waals surface area contributed by atoms with E-state index in [2.05, 4.69) is 20.7 Å². The summed E-state index contributed by atoms with van der Waals surface area (Å²) in [6, 6.07) is 10.5. The number of aromatic nitrogens is 2. The van der Waals surface area contributed by atoms with E-state index >= 15 is 0 Å². The second kappa shape index (κ2) is 8.18. The molecule has 2 saturated heterocycles. The maximum atomic E-state index is 5.89. The molecule has 3 atom stereocenters. The van der Waals surface area contributed by atoms with Gasteiger partial charge in [-0.05, 0) is 31.4 Å². The van der Waals surface area contributed by atoms with Crippen LogP contribution in [0.2, 0.25) is 0 Å². The first kappa shape index (κ1) is 18.2. The quantitative estimate of drug-likeness (QED) is 0.424. The lowest BCUT2D eigenvalue weighted by molar-refractivity contribution is 0.0992. The molecule has 1 aromatic heterocycles. The lowest BCUT2D eigenvalue weighted by atomic mass is 9.96. The monoisotopic (exact) mass is 453 g/mol. The molecule has 1 aromatic carbocycles. The van der Waals surface area contributed by atoms with Crippen LogP contribution >= 0.6 is 24.0 Å². The van der Waals surface area contributed by atoms with Crippen molar-refractivity contribution < 1.29 is 4.74 Å². The molecule has 2 aliphatic rings. The van der Waals surface area contributed by atoms with Crippen LogP contribution in [0, 0.1) is 0 Å². The van der Waals surface area contributed by atoms with Crippen molar-refractivity contribution in [2.24, 2.45) is 4.99 Å². The largest absolute Gasteiger partial charge is 0.373 e. The SMILES string of the molecule is CN=C(NCc1cnn(-c2ccccc2)c1)NC1CC2CCC1O2.I. The molecule has 0 saturated carbocycles. The number of ether oxygens (including phenoxy) is 1. The van der Waals surface area contributed by atoms with Crippen molar-refractivity contribution in [1.82, 2.24) is 20.4 Å². The minimum atomic E-state index is 0. The Labute approximate surface area is 165 Å². The third-order valence-electron chi connectivity index (χ3n) is 4.77. The van der Waals surface area contributed by atoms with Gasteiger partial charge in [0.15, 0.2) is 5.96 Å². The average Bonchev–Trinajstić information content (AvgIpc) is 3.36. The third kappa shape index (κ3) is 4.14. The first-order chi connectivity index (χ1) is 11.8. The van der Waals surface area contributed by atoms with Gasteiger partial charge in [-0.2, -0.15) is 5.10 Å². The molecule has 0 amide bonds. The number of para-hydroxylation sites is 1. The molecule has 3 unspecified atom stereocenters. The molecule has 0 spiro atoms. The normalized spacial score (nSPS) is 24.8. The minimum Gasteiger partial charge on any atom is -0.373 e. The summed E-state index contributed by atoms with van der Waals surface area (Å²) in [5.41, 5.74) is 2.18. The van der Waals surface area contributed by atoms with Crippen LogP contribution in [0.5, 0.6) is 0 Å². The summed E-state index contributed by atoms with van der Waals surface area (Å²) in [6.07, 6.45) is 8.14. The first-order valence-electron chi connectivity index (χ1n) is 8.53. The van der Waals surface area contributed by atoms with Gasteiger partial charge in [-0.1, -0.05) is 18.2 Å². The maximum Gasteiger partial charge on any atom is 0.191 e. The van der Waals surface area contributed by atoms with E-state index in [4.69, 9.17) is 4.74 Å². The van der Waals surface area contributed by atoms with Crippen LogP contribution in [0.25, 0.3) is 5.69 Å². The summed E-state index contributed by atoms with van der Waals surface area (Å²) in [6.45, 7) is 0.689. The smallest absolute Gasteiger partial charge is 0.191 e. The second-order valence-electron chi connectivity index (χ2n) is 6.41. The van der Waals surface area contributed by atoms with Gasteiger partial charge in [-0.15, -0.1) is 24.0 Å². The number of aliphatic imine (C=N–C) groups is 1. The van der Waals surface area contributed by atoms with Crippen molar-refractivity contribution in [1.29, 1.82) is 0 Å². The summed E-state index contributed by atoms with van der Waals surface area (Å²) in [4.78, 5) is 4.33. The van der Waals surface area contributed by atoms with Gasteiger partial charge < -0.3 is 15.4 Å². The van der Waals surface area contributed by atoms with E-state index in [9.17, 15) is 0 Å². The average molecular weight is 453 g/mol. The minimum absolute atomic E-state index is 0. The van der Waals surface area contributed by atoms with E-state index in [1.165, 1.54) is 6.42 Å².